The quantitative estimate of drug-likeness (QED) is 0.612. The number of nitrogens with one attached hydrogen (secondary N) is 1. The van der Waals surface area contributed by atoms with Crippen molar-refractivity contribution in [1.29, 1.82) is 0 Å². The van der Waals surface area contributed by atoms with E-state index in [-0.39, 0.29) is 11.5 Å². The molecular weight excluding hydrogens is 418 g/mol. The van der Waals surface area contributed by atoms with E-state index in [9.17, 15) is 13.6 Å². The maximum absolute atomic E-state index is 14.8. The Hall–Kier alpha value is -2.84. The van der Waals surface area contributed by atoms with E-state index in [0.29, 0.717) is 28.0 Å². The number of aromatic nitrogens is 1. The molecule has 162 valence electrons. The minimum Gasteiger partial charge on any atom is -0.369 e. The lowest BCUT2D eigenvalue weighted by Gasteiger charge is -2.36. The highest BCUT2D eigenvalue weighted by Gasteiger charge is 2.23. The number of carbonyl (C=O) groups excluding carboxylic acids is 1. The Bertz CT molecular complexity index is 1080. The molecule has 31 heavy (non-hydrogen) atoms. The number of amides is 1. The molecule has 0 saturated carbocycles. The maximum Gasteiger partial charge on any atom is 0.275 e. The summed E-state index contributed by atoms with van der Waals surface area (Å²) in [5.41, 5.74) is 1.42. The fourth-order valence-electron chi connectivity index (χ4n) is 3.80. The molecule has 1 N–H and O–H groups in total. The van der Waals surface area contributed by atoms with Gasteiger partial charge >= 0.3 is 0 Å². The number of carbonyl (C=O) groups is 1. The van der Waals surface area contributed by atoms with Gasteiger partial charge in [-0.1, -0.05) is 12.1 Å². The number of anilines is 2. The van der Waals surface area contributed by atoms with Crippen LogP contribution in [0, 0.1) is 11.6 Å². The molecule has 3 aromatic rings. The second-order valence-corrected chi connectivity index (χ2v) is 8.68. The first kappa shape index (κ1) is 21.4. The Morgan fingerprint density at radius 2 is 1.87 bits per heavy atom. The molecule has 0 aliphatic carbocycles. The van der Waals surface area contributed by atoms with Crippen LogP contribution < -0.4 is 10.2 Å². The number of nitrogens with zero attached hydrogens (tertiary/aromatic N) is 3. The third-order valence-electron chi connectivity index (χ3n) is 5.58. The van der Waals surface area contributed by atoms with E-state index < -0.39 is 11.7 Å². The zero-order valence-electron chi connectivity index (χ0n) is 17.4. The van der Waals surface area contributed by atoms with Crippen LogP contribution in [-0.2, 0) is 0 Å². The number of piperidine rings is 1. The molecule has 2 aromatic carbocycles. The molecule has 1 aromatic heterocycles. The first-order valence-corrected chi connectivity index (χ1v) is 11.0. The second-order valence-electron chi connectivity index (χ2n) is 7.82. The van der Waals surface area contributed by atoms with E-state index in [2.05, 4.69) is 29.3 Å². The smallest absolute Gasteiger partial charge is 0.275 e. The number of benzene rings is 2. The number of halogens is 2. The summed E-state index contributed by atoms with van der Waals surface area (Å²) in [7, 11) is 4.14. The van der Waals surface area contributed by atoms with Crippen molar-refractivity contribution in [2.24, 2.45) is 0 Å². The van der Waals surface area contributed by atoms with Crippen LogP contribution in [0.25, 0.3) is 10.6 Å². The van der Waals surface area contributed by atoms with Crippen molar-refractivity contribution in [3.05, 3.63) is 65.2 Å². The topological polar surface area (TPSA) is 48.5 Å². The van der Waals surface area contributed by atoms with Crippen LogP contribution in [0.5, 0.6) is 0 Å². The summed E-state index contributed by atoms with van der Waals surface area (Å²) in [6.45, 7) is 1.59. The highest BCUT2D eigenvalue weighted by molar-refractivity contribution is 7.13. The molecule has 1 fully saturated rings. The van der Waals surface area contributed by atoms with Gasteiger partial charge in [-0.25, -0.2) is 13.8 Å². The molecule has 1 aliphatic heterocycles. The normalized spacial score (nSPS) is 14.8. The van der Waals surface area contributed by atoms with Gasteiger partial charge in [0.25, 0.3) is 5.91 Å². The van der Waals surface area contributed by atoms with Gasteiger partial charge in [-0.2, -0.15) is 0 Å². The van der Waals surface area contributed by atoms with Crippen LogP contribution in [0.4, 0.5) is 20.2 Å². The standard InChI is InChI=1S/C23H24F2N4OS/c1-28(2)16-9-11-29(12-10-16)21-8-7-15(13-19(21)25)26-22(30)20-14-31-23(27-20)17-5-3-4-6-18(17)24/h3-8,13-14,16H,9-12H2,1-2H3,(H,26,30). The van der Waals surface area contributed by atoms with Crippen LogP contribution in [-0.4, -0.2) is 49.0 Å². The Kier molecular flexibility index (Phi) is 6.29. The van der Waals surface area contributed by atoms with Crippen molar-refractivity contribution in [3.8, 4) is 10.6 Å². The fraction of sp³-hybridized carbons (Fsp3) is 0.304. The molecule has 2 heterocycles. The lowest BCUT2D eigenvalue weighted by molar-refractivity contribution is 0.102. The zero-order valence-corrected chi connectivity index (χ0v) is 18.3. The Morgan fingerprint density at radius 1 is 1.13 bits per heavy atom. The molecule has 1 amide bonds. The van der Waals surface area contributed by atoms with Gasteiger partial charge in [-0.05, 0) is 57.3 Å². The molecule has 1 aliphatic rings. The summed E-state index contributed by atoms with van der Waals surface area (Å²) in [6.07, 6.45) is 1.97. The molecule has 0 atom stereocenters. The van der Waals surface area contributed by atoms with Crippen molar-refractivity contribution in [3.63, 3.8) is 0 Å². The van der Waals surface area contributed by atoms with Crippen molar-refractivity contribution in [1.82, 2.24) is 9.88 Å². The van der Waals surface area contributed by atoms with Crippen LogP contribution in [0.2, 0.25) is 0 Å². The Morgan fingerprint density at radius 3 is 2.55 bits per heavy atom. The lowest BCUT2D eigenvalue weighted by Crippen LogP contribution is -2.42. The molecular formula is C23H24F2N4OS. The largest absolute Gasteiger partial charge is 0.369 e. The summed E-state index contributed by atoms with van der Waals surface area (Å²) in [5, 5.41) is 4.67. The Balaban J connectivity index is 1.43. The molecule has 8 heteroatoms. The van der Waals surface area contributed by atoms with Gasteiger partial charge in [-0.15, -0.1) is 11.3 Å². The van der Waals surface area contributed by atoms with E-state index >= 15 is 0 Å². The molecule has 4 rings (SSSR count). The van der Waals surface area contributed by atoms with E-state index in [1.165, 1.54) is 23.5 Å². The maximum atomic E-state index is 14.8. The monoisotopic (exact) mass is 442 g/mol. The van der Waals surface area contributed by atoms with Gasteiger partial charge < -0.3 is 15.1 Å². The number of hydrogen-bond acceptors (Lipinski definition) is 5. The molecule has 0 spiro atoms. The van der Waals surface area contributed by atoms with Gasteiger partial charge in [0.1, 0.15) is 22.3 Å². The van der Waals surface area contributed by atoms with Crippen LogP contribution in [0.3, 0.4) is 0 Å². The average Bonchev–Trinajstić information content (AvgIpc) is 3.24. The third-order valence-corrected chi connectivity index (χ3v) is 6.46. The average molecular weight is 443 g/mol. The van der Waals surface area contributed by atoms with Gasteiger partial charge in [0.05, 0.1) is 5.69 Å². The lowest BCUT2D eigenvalue weighted by atomic mass is 10.0. The second kappa shape index (κ2) is 9.11. The van der Waals surface area contributed by atoms with Crippen molar-refractivity contribution in [2.45, 2.75) is 18.9 Å². The summed E-state index contributed by atoms with van der Waals surface area (Å²) >= 11 is 1.19. The molecule has 0 unspecified atom stereocenters. The molecule has 0 radical (unpaired) electrons. The SMILES string of the molecule is CN(C)C1CCN(c2ccc(NC(=O)c3csc(-c4ccccc4F)n3)cc2F)CC1. The number of hydrogen-bond donors (Lipinski definition) is 1. The van der Waals surface area contributed by atoms with Crippen LogP contribution in [0.15, 0.2) is 47.8 Å². The van der Waals surface area contributed by atoms with E-state index in [1.807, 2.05) is 4.90 Å². The predicted molar refractivity (Wildman–Crippen MR) is 121 cm³/mol. The van der Waals surface area contributed by atoms with Gasteiger partial charge in [0.2, 0.25) is 0 Å². The zero-order chi connectivity index (χ0) is 22.0. The van der Waals surface area contributed by atoms with E-state index in [0.717, 1.165) is 25.9 Å². The van der Waals surface area contributed by atoms with Crippen LogP contribution >= 0.6 is 11.3 Å². The Labute approximate surface area is 184 Å². The first-order valence-electron chi connectivity index (χ1n) is 10.1. The molecule has 0 bridgehead atoms. The minimum atomic E-state index is -0.460. The third kappa shape index (κ3) is 4.75. The molecule has 5 nitrogen and oxygen atoms in total. The molecule has 1 saturated heterocycles. The van der Waals surface area contributed by atoms with Gasteiger partial charge in [-0.3, -0.25) is 4.79 Å². The van der Waals surface area contributed by atoms with E-state index in [4.69, 9.17) is 0 Å². The summed E-state index contributed by atoms with van der Waals surface area (Å²) in [6, 6.07) is 11.5. The van der Waals surface area contributed by atoms with Crippen LogP contribution in [0.1, 0.15) is 23.3 Å². The van der Waals surface area contributed by atoms with E-state index in [1.54, 1.807) is 35.7 Å². The highest BCUT2D eigenvalue weighted by atomic mass is 32.1. The summed E-state index contributed by atoms with van der Waals surface area (Å²) in [4.78, 5) is 21.0. The van der Waals surface area contributed by atoms with Crippen molar-refractivity contribution >= 4 is 28.6 Å². The predicted octanol–water partition coefficient (Wildman–Crippen LogP) is 4.87. The summed E-state index contributed by atoms with van der Waals surface area (Å²) < 4.78 is 28.7. The number of rotatable bonds is 5. The van der Waals surface area contributed by atoms with Crippen molar-refractivity contribution < 1.29 is 13.6 Å². The van der Waals surface area contributed by atoms with Gasteiger partial charge in [0.15, 0.2) is 0 Å². The number of thiazole rings is 1. The fourth-order valence-corrected chi connectivity index (χ4v) is 4.62. The van der Waals surface area contributed by atoms with Crippen molar-refractivity contribution in [2.75, 3.05) is 37.4 Å². The van der Waals surface area contributed by atoms with Gasteiger partial charge in [0, 0.05) is 35.8 Å². The summed E-state index contributed by atoms with van der Waals surface area (Å²) in [5.74, 6) is -1.22. The first-order chi connectivity index (χ1) is 14.9. The minimum absolute atomic E-state index is 0.165. The highest BCUT2D eigenvalue weighted by Crippen LogP contribution is 2.28.